The van der Waals surface area contributed by atoms with Crippen LogP contribution >= 0.6 is 0 Å². The molecule has 0 aromatic carbocycles. The first-order valence-electron chi connectivity index (χ1n) is 7.63. The van der Waals surface area contributed by atoms with E-state index in [-0.39, 0.29) is 29.2 Å². The predicted molar refractivity (Wildman–Crippen MR) is 84.0 cm³/mol. The fraction of sp³-hybridized carbons (Fsp3) is 0.667. The van der Waals surface area contributed by atoms with Gasteiger partial charge in [0.1, 0.15) is 5.82 Å². The molecule has 0 radical (unpaired) electrons. The topological polar surface area (TPSA) is 80.2 Å². The number of likely N-dealkylation sites (tertiary alicyclic amines) is 1. The molecule has 1 saturated heterocycles. The lowest BCUT2D eigenvalue weighted by Crippen LogP contribution is -2.41. The van der Waals surface area contributed by atoms with Gasteiger partial charge in [-0.1, -0.05) is 0 Å². The third-order valence-corrected chi connectivity index (χ3v) is 6.45. The van der Waals surface area contributed by atoms with Crippen LogP contribution in [0.15, 0.2) is 18.5 Å². The highest BCUT2D eigenvalue weighted by Gasteiger charge is 2.28. The molecule has 2 rings (SSSR count). The number of aromatic nitrogens is 2. The Kier molecular flexibility index (Phi) is 5.50. The van der Waals surface area contributed by atoms with E-state index in [1.54, 1.807) is 37.2 Å². The van der Waals surface area contributed by atoms with Crippen molar-refractivity contribution in [1.82, 2.24) is 14.9 Å². The number of carbonyl (C=O) groups is 1. The fourth-order valence-corrected chi connectivity index (χ4v) is 3.91. The van der Waals surface area contributed by atoms with Crippen molar-refractivity contribution in [2.75, 3.05) is 18.8 Å². The van der Waals surface area contributed by atoms with Gasteiger partial charge in [0, 0.05) is 25.5 Å². The van der Waals surface area contributed by atoms with E-state index in [2.05, 4.69) is 9.97 Å². The fourth-order valence-electron chi connectivity index (χ4n) is 2.54. The van der Waals surface area contributed by atoms with Gasteiger partial charge in [0.05, 0.1) is 17.4 Å². The van der Waals surface area contributed by atoms with E-state index in [0.29, 0.717) is 18.9 Å². The molecule has 1 aliphatic heterocycles. The average molecular weight is 325 g/mol. The number of carbonyl (C=O) groups excluding carboxylic acids is 1. The van der Waals surface area contributed by atoms with Gasteiger partial charge in [-0.15, -0.1) is 0 Å². The van der Waals surface area contributed by atoms with Gasteiger partial charge in [0.2, 0.25) is 5.91 Å². The van der Waals surface area contributed by atoms with Gasteiger partial charge in [-0.05, 0) is 38.7 Å². The van der Waals surface area contributed by atoms with Crippen LogP contribution in [0.1, 0.15) is 32.5 Å². The maximum absolute atomic E-state index is 12.2. The second kappa shape index (κ2) is 7.17. The van der Waals surface area contributed by atoms with Crippen LogP contribution in [-0.4, -0.2) is 53.3 Å². The molecule has 1 aliphatic rings. The van der Waals surface area contributed by atoms with Gasteiger partial charge >= 0.3 is 0 Å². The second-order valence-corrected chi connectivity index (χ2v) is 8.65. The SMILES string of the molecule is CC(C)S(=O)(=O)CC1CCN(C(=O)Cc2ncccn2)CC1. The monoisotopic (exact) mass is 325 g/mol. The maximum Gasteiger partial charge on any atom is 0.230 e. The minimum absolute atomic E-state index is 0.0105. The Balaban J connectivity index is 1.83. The molecule has 0 saturated carbocycles. The Labute approximate surface area is 131 Å². The predicted octanol–water partition coefficient (Wildman–Crippen LogP) is 1.08. The van der Waals surface area contributed by atoms with Gasteiger partial charge in [-0.25, -0.2) is 18.4 Å². The second-order valence-electron chi connectivity index (χ2n) is 6.04. The number of nitrogens with zero attached hydrogens (tertiary/aromatic N) is 3. The number of sulfone groups is 1. The van der Waals surface area contributed by atoms with E-state index < -0.39 is 9.84 Å². The summed E-state index contributed by atoms with van der Waals surface area (Å²) in [5.74, 6) is 0.923. The molecule has 1 aromatic rings. The largest absolute Gasteiger partial charge is 0.342 e. The van der Waals surface area contributed by atoms with Crippen molar-refractivity contribution in [3.05, 3.63) is 24.3 Å². The molecule has 122 valence electrons. The molecule has 1 fully saturated rings. The molecule has 7 heteroatoms. The van der Waals surface area contributed by atoms with E-state index in [1.807, 2.05) is 0 Å². The van der Waals surface area contributed by atoms with E-state index >= 15 is 0 Å². The molecule has 2 heterocycles. The summed E-state index contributed by atoms with van der Waals surface area (Å²) < 4.78 is 23.9. The highest BCUT2D eigenvalue weighted by atomic mass is 32.2. The summed E-state index contributed by atoms with van der Waals surface area (Å²) in [5, 5.41) is -0.331. The lowest BCUT2D eigenvalue weighted by Gasteiger charge is -2.32. The quantitative estimate of drug-likeness (QED) is 0.809. The number of piperidine rings is 1. The van der Waals surface area contributed by atoms with Crippen molar-refractivity contribution in [3.8, 4) is 0 Å². The Morgan fingerprint density at radius 3 is 2.41 bits per heavy atom. The zero-order valence-corrected chi connectivity index (χ0v) is 13.9. The summed E-state index contributed by atoms with van der Waals surface area (Å²) in [6, 6.07) is 1.72. The Morgan fingerprint density at radius 2 is 1.86 bits per heavy atom. The summed E-state index contributed by atoms with van der Waals surface area (Å²) in [4.78, 5) is 22.1. The number of hydrogen-bond donors (Lipinski definition) is 0. The summed E-state index contributed by atoms with van der Waals surface area (Å²) in [5.41, 5.74) is 0. The lowest BCUT2D eigenvalue weighted by molar-refractivity contribution is -0.131. The Hall–Kier alpha value is -1.50. The van der Waals surface area contributed by atoms with Crippen LogP contribution in [0.25, 0.3) is 0 Å². The number of hydrogen-bond acceptors (Lipinski definition) is 5. The zero-order valence-electron chi connectivity index (χ0n) is 13.1. The molecule has 0 atom stereocenters. The molecule has 0 bridgehead atoms. The van der Waals surface area contributed by atoms with Gasteiger partial charge in [0.15, 0.2) is 9.84 Å². The van der Waals surface area contributed by atoms with Crippen LogP contribution in [-0.2, 0) is 21.1 Å². The minimum atomic E-state index is -3.01. The summed E-state index contributed by atoms with van der Waals surface area (Å²) in [7, 11) is -3.01. The standard InChI is InChI=1S/C15H23N3O3S/c1-12(2)22(20,21)11-13-4-8-18(9-5-13)15(19)10-14-16-6-3-7-17-14/h3,6-7,12-13H,4-5,8-11H2,1-2H3. The summed E-state index contributed by atoms with van der Waals surface area (Å²) >= 11 is 0. The van der Waals surface area contributed by atoms with Gasteiger partial charge < -0.3 is 4.90 Å². The molecule has 0 N–H and O–H groups in total. The van der Waals surface area contributed by atoms with Crippen molar-refractivity contribution in [1.29, 1.82) is 0 Å². The Morgan fingerprint density at radius 1 is 1.27 bits per heavy atom. The number of rotatable bonds is 5. The molecule has 0 spiro atoms. The normalized spacial score (nSPS) is 17.0. The van der Waals surface area contributed by atoms with Crippen molar-refractivity contribution in [2.45, 2.75) is 38.4 Å². The van der Waals surface area contributed by atoms with Crippen LogP contribution < -0.4 is 0 Å². The first kappa shape index (κ1) is 16.9. The van der Waals surface area contributed by atoms with Crippen LogP contribution in [0.3, 0.4) is 0 Å². The molecule has 0 aliphatic carbocycles. The highest BCUT2D eigenvalue weighted by molar-refractivity contribution is 7.91. The minimum Gasteiger partial charge on any atom is -0.342 e. The molecule has 1 amide bonds. The van der Waals surface area contributed by atoms with Crippen molar-refractivity contribution < 1.29 is 13.2 Å². The zero-order chi connectivity index (χ0) is 16.2. The van der Waals surface area contributed by atoms with Crippen LogP contribution in [0, 0.1) is 5.92 Å². The van der Waals surface area contributed by atoms with Gasteiger partial charge in [0.25, 0.3) is 0 Å². The van der Waals surface area contributed by atoms with E-state index in [1.165, 1.54) is 0 Å². The number of amides is 1. The molecular weight excluding hydrogens is 302 g/mol. The smallest absolute Gasteiger partial charge is 0.230 e. The average Bonchev–Trinajstić information content (AvgIpc) is 2.48. The molecule has 22 heavy (non-hydrogen) atoms. The third kappa shape index (κ3) is 4.50. The molecule has 0 unspecified atom stereocenters. The molecule has 1 aromatic heterocycles. The van der Waals surface area contributed by atoms with Crippen LogP contribution in [0.4, 0.5) is 0 Å². The first-order chi connectivity index (χ1) is 10.4. The van der Waals surface area contributed by atoms with Crippen molar-refractivity contribution >= 4 is 15.7 Å². The lowest BCUT2D eigenvalue weighted by atomic mass is 9.99. The summed E-state index contributed by atoms with van der Waals surface area (Å²) in [6.45, 7) is 4.66. The van der Waals surface area contributed by atoms with Crippen molar-refractivity contribution in [2.24, 2.45) is 5.92 Å². The summed E-state index contributed by atoms with van der Waals surface area (Å²) in [6.07, 6.45) is 4.94. The van der Waals surface area contributed by atoms with E-state index in [0.717, 1.165) is 12.8 Å². The molecule has 6 nitrogen and oxygen atoms in total. The maximum atomic E-state index is 12.2. The van der Waals surface area contributed by atoms with Crippen LogP contribution in [0.2, 0.25) is 0 Å². The highest BCUT2D eigenvalue weighted by Crippen LogP contribution is 2.21. The van der Waals surface area contributed by atoms with Gasteiger partial charge in [-0.2, -0.15) is 0 Å². The third-order valence-electron chi connectivity index (χ3n) is 4.08. The van der Waals surface area contributed by atoms with Gasteiger partial charge in [-0.3, -0.25) is 4.79 Å². The first-order valence-corrected chi connectivity index (χ1v) is 9.35. The Bertz CT molecular complexity index is 594. The van der Waals surface area contributed by atoms with Crippen LogP contribution in [0.5, 0.6) is 0 Å². The van der Waals surface area contributed by atoms with Crippen molar-refractivity contribution in [3.63, 3.8) is 0 Å². The molecular formula is C15H23N3O3S. The van der Waals surface area contributed by atoms with E-state index in [4.69, 9.17) is 0 Å². The van der Waals surface area contributed by atoms with E-state index in [9.17, 15) is 13.2 Å².